The average molecular weight is 440 g/mol. The maximum atomic E-state index is 13.0. The van der Waals surface area contributed by atoms with E-state index in [0.29, 0.717) is 13.0 Å². The number of amides is 3. The Morgan fingerprint density at radius 2 is 1.42 bits per heavy atom. The lowest BCUT2D eigenvalue weighted by molar-refractivity contribution is -0.136. The van der Waals surface area contributed by atoms with E-state index in [9.17, 15) is 14.4 Å². The normalized spacial score (nSPS) is 13.6. The van der Waals surface area contributed by atoms with E-state index in [1.165, 1.54) is 0 Å². The van der Waals surface area contributed by atoms with Crippen LogP contribution in [0.4, 0.5) is 0 Å². The second kappa shape index (κ2) is 12.4. The van der Waals surface area contributed by atoms with Crippen molar-refractivity contribution >= 4 is 17.7 Å². The van der Waals surface area contributed by atoms with Crippen LogP contribution in [0.15, 0.2) is 0 Å². The zero-order valence-electron chi connectivity index (χ0n) is 21.8. The van der Waals surface area contributed by atoms with E-state index in [-0.39, 0.29) is 35.1 Å². The third kappa shape index (κ3) is 9.20. The van der Waals surface area contributed by atoms with Crippen molar-refractivity contribution in [1.29, 1.82) is 0 Å². The molecule has 182 valence electrons. The van der Waals surface area contributed by atoms with Crippen molar-refractivity contribution < 1.29 is 14.4 Å². The molecule has 3 amide bonds. The quantitative estimate of drug-likeness (QED) is 0.346. The second-order valence-corrected chi connectivity index (χ2v) is 10.9. The third-order valence-corrected chi connectivity index (χ3v) is 7.10. The highest BCUT2D eigenvalue weighted by Gasteiger charge is 2.44. The maximum Gasteiger partial charge on any atom is 0.228 e. The Morgan fingerprint density at radius 3 is 1.94 bits per heavy atom. The number of rotatable bonds is 14. The molecule has 0 aromatic rings. The molecule has 0 aromatic heterocycles. The lowest BCUT2D eigenvalue weighted by atomic mass is 9.73. The molecule has 1 unspecified atom stereocenters. The number of hydrogen-bond donors (Lipinski definition) is 3. The summed E-state index contributed by atoms with van der Waals surface area (Å²) in [4.78, 5) is 37.4. The van der Waals surface area contributed by atoms with Gasteiger partial charge in [-0.25, -0.2) is 0 Å². The molecular formula is C25H49N3O3. The van der Waals surface area contributed by atoms with Crippen molar-refractivity contribution in [3.05, 3.63) is 0 Å². The average Bonchev–Trinajstić information content (AvgIpc) is 2.64. The van der Waals surface area contributed by atoms with Gasteiger partial charge in [-0.1, -0.05) is 41.0 Å². The first-order chi connectivity index (χ1) is 14.1. The highest BCUT2D eigenvalue weighted by atomic mass is 16.2. The van der Waals surface area contributed by atoms with Crippen LogP contribution in [0.1, 0.15) is 108 Å². The van der Waals surface area contributed by atoms with Crippen molar-refractivity contribution in [3.8, 4) is 0 Å². The molecule has 0 rings (SSSR count). The fourth-order valence-electron chi connectivity index (χ4n) is 2.93. The molecule has 0 aromatic carbocycles. The molecule has 0 saturated heterocycles. The molecule has 1 atom stereocenters. The Bertz CT molecular complexity index is 595. The molecular weight excluding hydrogens is 390 g/mol. The minimum absolute atomic E-state index is 0.0107. The standard InChI is InChI=1S/C25H49N3O3/c1-11-12-16-20(29)28-25(9,10)24(7,8)22(31)27-19(4)15-13-14-17-26-21(30)23(5,6)18(2)3/h18-19H,11-17H2,1-10H3,(H,26,30)(H,27,31)(H,28,29). The Kier molecular flexibility index (Phi) is 11.8. The molecule has 0 spiro atoms. The van der Waals surface area contributed by atoms with Gasteiger partial charge in [0.15, 0.2) is 0 Å². The van der Waals surface area contributed by atoms with E-state index < -0.39 is 11.0 Å². The van der Waals surface area contributed by atoms with Crippen LogP contribution in [0.25, 0.3) is 0 Å². The number of nitrogens with one attached hydrogen (secondary N) is 3. The summed E-state index contributed by atoms with van der Waals surface area (Å²) in [7, 11) is 0. The molecule has 0 aliphatic rings. The van der Waals surface area contributed by atoms with E-state index in [0.717, 1.165) is 32.1 Å². The van der Waals surface area contributed by atoms with Gasteiger partial charge in [0, 0.05) is 30.0 Å². The zero-order valence-corrected chi connectivity index (χ0v) is 21.8. The summed E-state index contributed by atoms with van der Waals surface area (Å²) in [5, 5.41) is 9.17. The lowest BCUT2D eigenvalue weighted by Crippen LogP contribution is -2.60. The zero-order chi connectivity index (χ0) is 24.5. The molecule has 0 fully saturated rings. The van der Waals surface area contributed by atoms with Gasteiger partial charge in [0.2, 0.25) is 17.7 Å². The predicted molar refractivity (Wildman–Crippen MR) is 129 cm³/mol. The molecule has 0 saturated carbocycles. The van der Waals surface area contributed by atoms with Crippen LogP contribution in [-0.4, -0.2) is 35.8 Å². The van der Waals surface area contributed by atoms with Gasteiger partial charge < -0.3 is 16.0 Å². The van der Waals surface area contributed by atoms with Crippen LogP contribution in [0.2, 0.25) is 0 Å². The second-order valence-electron chi connectivity index (χ2n) is 10.9. The summed E-state index contributed by atoms with van der Waals surface area (Å²) in [5.74, 6) is 0.303. The van der Waals surface area contributed by atoms with Gasteiger partial charge in [0.05, 0.1) is 5.41 Å². The smallest absolute Gasteiger partial charge is 0.228 e. The summed E-state index contributed by atoms with van der Waals surface area (Å²) in [6.45, 7) is 20.3. The van der Waals surface area contributed by atoms with Crippen LogP contribution >= 0.6 is 0 Å². The Morgan fingerprint density at radius 1 is 0.839 bits per heavy atom. The van der Waals surface area contributed by atoms with E-state index >= 15 is 0 Å². The molecule has 3 N–H and O–H groups in total. The summed E-state index contributed by atoms with van der Waals surface area (Å²) >= 11 is 0. The van der Waals surface area contributed by atoms with E-state index in [1.54, 1.807) is 0 Å². The molecule has 0 radical (unpaired) electrons. The van der Waals surface area contributed by atoms with Crippen molar-refractivity contribution in [2.45, 2.75) is 119 Å². The van der Waals surface area contributed by atoms with Gasteiger partial charge in [-0.15, -0.1) is 0 Å². The Balaban J connectivity index is 4.49. The lowest BCUT2D eigenvalue weighted by Gasteiger charge is -2.41. The first-order valence-electron chi connectivity index (χ1n) is 12.0. The van der Waals surface area contributed by atoms with Crippen LogP contribution in [-0.2, 0) is 14.4 Å². The maximum absolute atomic E-state index is 13.0. The molecule has 31 heavy (non-hydrogen) atoms. The van der Waals surface area contributed by atoms with Gasteiger partial charge in [0.25, 0.3) is 0 Å². The number of carbonyl (C=O) groups is 3. The van der Waals surface area contributed by atoms with Gasteiger partial charge >= 0.3 is 0 Å². The van der Waals surface area contributed by atoms with Gasteiger partial charge in [-0.05, 0) is 66.2 Å². The largest absolute Gasteiger partial charge is 0.356 e. The van der Waals surface area contributed by atoms with Crippen molar-refractivity contribution in [1.82, 2.24) is 16.0 Å². The van der Waals surface area contributed by atoms with Gasteiger partial charge in [-0.2, -0.15) is 0 Å². The van der Waals surface area contributed by atoms with Crippen molar-refractivity contribution in [3.63, 3.8) is 0 Å². The fourth-order valence-corrected chi connectivity index (χ4v) is 2.93. The van der Waals surface area contributed by atoms with Gasteiger partial charge in [-0.3, -0.25) is 14.4 Å². The number of hydrogen-bond acceptors (Lipinski definition) is 3. The van der Waals surface area contributed by atoms with E-state index in [1.807, 2.05) is 48.5 Å². The topological polar surface area (TPSA) is 87.3 Å². The molecule has 6 heteroatoms. The van der Waals surface area contributed by atoms with Crippen molar-refractivity contribution in [2.75, 3.05) is 6.54 Å². The summed E-state index contributed by atoms with van der Waals surface area (Å²) in [5.41, 5.74) is -1.78. The van der Waals surface area contributed by atoms with Crippen molar-refractivity contribution in [2.24, 2.45) is 16.7 Å². The summed E-state index contributed by atoms with van der Waals surface area (Å²) in [6, 6.07) is 0.0289. The first-order valence-corrected chi connectivity index (χ1v) is 12.0. The predicted octanol–water partition coefficient (Wildman–Crippen LogP) is 4.57. The number of unbranched alkanes of at least 4 members (excludes halogenated alkanes) is 2. The Hall–Kier alpha value is -1.59. The van der Waals surface area contributed by atoms with Crippen LogP contribution in [0.5, 0.6) is 0 Å². The SMILES string of the molecule is CCCCC(=O)NC(C)(C)C(C)(C)C(=O)NC(C)CCCCNC(=O)C(C)(C)C(C)C. The minimum atomic E-state index is -0.750. The fraction of sp³-hybridized carbons (Fsp3) is 0.880. The minimum Gasteiger partial charge on any atom is -0.356 e. The van der Waals surface area contributed by atoms with E-state index in [4.69, 9.17) is 0 Å². The molecule has 0 bridgehead atoms. The summed E-state index contributed by atoms with van der Waals surface area (Å²) < 4.78 is 0. The first kappa shape index (κ1) is 29.4. The summed E-state index contributed by atoms with van der Waals surface area (Å²) in [6.07, 6.45) is 4.94. The van der Waals surface area contributed by atoms with Crippen LogP contribution in [0, 0.1) is 16.7 Å². The van der Waals surface area contributed by atoms with Crippen LogP contribution in [0.3, 0.4) is 0 Å². The van der Waals surface area contributed by atoms with Gasteiger partial charge in [0.1, 0.15) is 0 Å². The number of carbonyl (C=O) groups excluding carboxylic acids is 3. The molecule has 0 heterocycles. The Labute approximate surface area is 191 Å². The molecule has 6 nitrogen and oxygen atoms in total. The molecule has 0 aliphatic carbocycles. The van der Waals surface area contributed by atoms with Crippen LogP contribution < -0.4 is 16.0 Å². The highest BCUT2D eigenvalue weighted by Crippen LogP contribution is 2.31. The van der Waals surface area contributed by atoms with E-state index in [2.05, 4.69) is 36.7 Å². The monoisotopic (exact) mass is 439 g/mol. The third-order valence-electron chi connectivity index (χ3n) is 7.10. The highest BCUT2D eigenvalue weighted by molar-refractivity contribution is 5.85. The molecule has 0 aliphatic heterocycles.